The van der Waals surface area contributed by atoms with Crippen LogP contribution in [0.25, 0.3) is 0 Å². The average molecular weight is 270 g/mol. The summed E-state index contributed by atoms with van der Waals surface area (Å²) >= 11 is 0. The fourth-order valence-electron chi connectivity index (χ4n) is 2.32. The van der Waals surface area contributed by atoms with Crippen LogP contribution in [-0.2, 0) is 6.61 Å². The second-order valence-corrected chi connectivity index (χ2v) is 5.36. The Morgan fingerprint density at radius 3 is 2.20 bits per heavy atom. The first-order chi connectivity index (χ1) is 9.49. The predicted molar refractivity (Wildman–Crippen MR) is 82.1 cm³/mol. The molecular weight excluding hydrogens is 248 g/mol. The van der Waals surface area contributed by atoms with Gasteiger partial charge in [-0.15, -0.1) is 0 Å². The van der Waals surface area contributed by atoms with Crippen molar-refractivity contribution < 1.29 is 9.84 Å². The molecule has 2 nitrogen and oxygen atoms in total. The van der Waals surface area contributed by atoms with Gasteiger partial charge in [-0.1, -0.05) is 24.3 Å². The number of aryl methyl sites for hydroxylation is 3. The highest BCUT2D eigenvalue weighted by atomic mass is 16.5. The number of aliphatic hydroxyl groups is 1. The highest BCUT2D eigenvalue weighted by Gasteiger charge is 2.07. The molecule has 0 amide bonds. The van der Waals surface area contributed by atoms with E-state index in [0.717, 1.165) is 16.9 Å². The molecule has 0 aliphatic carbocycles. The number of ether oxygens (including phenoxy) is 1. The summed E-state index contributed by atoms with van der Waals surface area (Å²) in [5.74, 6) is 0.872. The summed E-state index contributed by atoms with van der Waals surface area (Å²) in [7, 11) is 0. The molecule has 0 bridgehead atoms. The zero-order chi connectivity index (χ0) is 14.7. The summed E-state index contributed by atoms with van der Waals surface area (Å²) in [6.07, 6.45) is -0.443. The van der Waals surface area contributed by atoms with E-state index in [-0.39, 0.29) is 0 Å². The summed E-state index contributed by atoms with van der Waals surface area (Å²) in [5.41, 5.74) is 5.72. The fourth-order valence-corrected chi connectivity index (χ4v) is 2.32. The number of rotatable bonds is 4. The first kappa shape index (κ1) is 14.6. The SMILES string of the molecule is Cc1cc(C(C)O)ccc1OCc1c(C)cccc1C. The van der Waals surface area contributed by atoms with E-state index in [4.69, 9.17) is 4.74 Å². The van der Waals surface area contributed by atoms with E-state index in [2.05, 4.69) is 32.0 Å². The molecule has 2 rings (SSSR count). The molecule has 1 unspecified atom stereocenters. The largest absolute Gasteiger partial charge is 0.489 e. The Morgan fingerprint density at radius 1 is 1.00 bits per heavy atom. The van der Waals surface area contributed by atoms with Crippen LogP contribution in [0.5, 0.6) is 5.75 Å². The average Bonchev–Trinajstić information content (AvgIpc) is 2.39. The Morgan fingerprint density at radius 2 is 1.65 bits per heavy atom. The number of hydrogen-bond acceptors (Lipinski definition) is 2. The van der Waals surface area contributed by atoms with E-state index in [0.29, 0.717) is 6.61 Å². The molecule has 0 radical (unpaired) electrons. The maximum atomic E-state index is 9.58. The lowest BCUT2D eigenvalue weighted by molar-refractivity contribution is 0.199. The maximum Gasteiger partial charge on any atom is 0.122 e. The molecule has 0 spiro atoms. The van der Waals surface area contributed by atoms with Crippen molar-refractivity contribution >= 4 is 0 Å². The smallest absolute Gasteiger partial charge is 0.122 e. The van der Waals surface area contributed by atoms with Crippen molar-refractivity contribution in [2.75, 3.05) is 0 Å². The van der Waals surface area contributed by atoms with Crippen molar-refractivity contribution in [3.63, 3.8) is 0 Å². The van der Waals surface area contributed by atoms with Gasteiger partial charge in [0.1, 0.15) is 12.4 Å². The van der Waals surface area contributed by atoms with Crippen LogP contribution in [0.3, 0.4) is 0 Å². The molecule has 0 aromatic heterocycles. The van der Waals surface area contributed by atoms with Gasteiger partial charge in [-0.2, -0.15) is 0 Å². The monoisotopic (exact) mass is 270 g/mol. The maximum absolute atomic E-state index is 9.58. The van der Waals surface area contributed by atoms with Crippen LogP contribution in [-0.4, -0.2) is 5.11 Å². The summed E-state index contributed by atoms with van der Waals surface area (Å²) < 4.78 is 5.94. The third-order valence-corrected chi connectivity index (χ3v) is 3.70. The minimum absolute atomic E-state index is 0.443. The predicted octanol–water partition coefficient (Wildman–Crippen LogP) is 4.24. The van der Waals surface area contributed by atoms with Crippen molar-refractivity contribution in [2.24, 2.45) is 0 Å². The Bertz CT molecular complexity index is 580. The normalized spacial score (nSPS) is 12.2. The van der Waals surface area contributed by atoms with Crippen LogP contribution in [0.4, 0.5) is 0 Å². The first-order valence-electron chi connectivity index (χ1n) is 6.95. The number of aliphatic hydroxyl groups excluding tert-OH is 1. The van der Waals surface area contributed by atoms with Gasteiger partial charge in [0.15, 0.2) is 0 Å². The molecule has 2 aromatic rings. The lowest BCUT2D eigenvalue weighted by Gasteiger charge is -2.14. The van der Waals surface area contributed by atoms with Crippen LogP contribution >= 0.6 is 0 Å². The Hall–Kier alpha value is -1.80. The van der Waals surface area contributed by atoms with Gasteiger partial charge in [-0.25, -0.2) is 0 Å². The first-order valence-corrected chi connectivity index (χ1v) is 6.95. The highest BCUT2D eigenvalue weighted by Crippen LogP contribution is 2.24. The van der Waals surface area contributed by atoms with Gasteiger partial charge >= 0.3 is 0 Å². The standard InChI is InChI=1S/C18H22O2/c1-12-6-5-7-13(2)17(12)11-20-18-9-8-16(15(4)19)10-14(18)3/h5-10,15,19H,11H2,1-4H3. The second-order valence-electron chi connectivity index (χ2n) is 5.36. The molecule has 0 saturated heterocycles. The van der Waals surface area contributed by atoms with E-state index in [1.54, 1.807) is 6.92 Å². The van der Waals surface area contributed by atoms with Crippen LogP contribution < -0.4 is 4.74 Å². The molecule has 2 heteroatoms. The summed E-state index contributed by atoms with van der Waals surface area (Å²) in [6.45, 7) is 8.56. The number of hydrogen-bond donors (Lipinski definition) is 1. The van der Waals surface area contributed by atoms with Crippen molar-refractivity contribution in [1.29, 1.82) is 0 Å². The van der Waals surface area contributed by atoms with Crippen molar-refractivity contribution in [2.45, 2.75) is 40.4 Å². The third kappa shape index (κ3) is 3.20. The molecule has 0 heterocycles. The zero-order valence-electron chi connectivity index (χ0n) is 12.6. The summed E-state index contributed by atoms with van der Waals surface area (Å²) in [4.78, 5) is 0. The fraction of sp³-hybridized carbons (Fsp3) is 0.333. The summed E-state index contributed by atoms with van der Waals surface area (Å²) in [6, 6.07) is 12.1. The molecule has 106 valence electrons. The molecular formula is C18H22O2. The van der Waals surface area contributed by atoms with Gasteiger partial charge in [-0.05, 0) is 67.6 Å². The second kappa shape index (κ2) is 6.10. The molecule has 2 aromatic carbocycles. The van der Waals surface area contributed by atoms with Gasteiger partial charge in [0.25, 0.3) is 0 Å². The van der Waals surface area contributed by atoms with Crippen molar-refractivity contribution in [3.05, 3.63) is 64.2 Å². The molecule has 1 atom stereocenters. The van der Waals surface area contributed by atoms with E-state index in [1.807, 2.05) is 25.1 Å². The van der Waals surface area contributed by atoms with Gasteiger partial charge in [0.05, 0.1) is 6.10 Å². The van der Waals surface area contributed by atoms with Crippen LogP contribution in [0, 0.1) is 20.8 Å². The van der Waals surface area contributed by atoms with E-state index in [9.17, 15) is 5.11 Å². The Balaban J connectivity index is 2.15. The van der Waals surface area contributed by atoms with Gasteiger partial charge < -0.3 is 9.84 Å². The molecule has 0 fully saturated rings. The summed E-state index contributed by atoms with van der Waals surface area (Å²) in [5, 5.41) is 9.58. The van der Waals surface area contributed by atoms with E-state index >= 15 is 0 Å². The third-order valence-electron chi connectivity index (χ3n) is 3.70. The van der Waals surface area contributed by atoms with E-state index in [1.165, 1.54) is 16.7 Å². The van der Waals surface area contributed by atoms with Gasteiger partial charge in [-0.3, -0.25) is 0 Å². The van der Waals surface area contributed by atoms with Crippen LogP contribution in [0.15, 0.2) is 36.4 Å². The van der Waals surface area contributed by atoms with Gasteiger partial charge in [0, 0.05) is 0 Å². The number of benzene rings is 2. The molecule has 1 N–H and O–H groups in total. The Kier molecular flexibility index (Phi) is 4.46. The minimum atomic E-state index is -0.443. The quantitative estimate of drug-likeness (QED) is 0.900. The lowest BCUT2D eigenvalue weighted by atomic mass is 10.0. The van der Waals surface area contributed by atoms with Crippen LogP contribution in [0.1, 0.15) is 40.8 Å². The van der Waals surface area contributed by atoms with Gasteiger partial charge in [0.2, 0.25) is 0 Å². The Labute approximate surface area is 121 Å². The zero-order valence-corrected chi connectivity index (χ0v) is 12.6. The molecule has 0 aliphatic rings. The minimum Gasteiger partial charge on any atom is -0.489 e. The highest BCUT2D eigenvalue weighted by molar-refractivity contribution is 5.38. The molecule has 0 saturated carbocycles. The molecule has 20 heavy (non-hydrogen) atoms. The van der Waals surface area contributed by atoms with E-state index < -0.39 is 6.10 Å². The van der Waals surface area contributed by atoms with Crippen molar-refractivity contribution in [3.8, 4) is 5.75 Å². The lowest BCUT2D eigenvalue weighted by Crippen LogP contribution is -2.02. The molecule has 0 aliphatic heterocycles. The van der Waals surface area contributed by atoms with Crippen molar-refractivity contribution in [1.82, 2.24) is 0 Å². The van der Waals surface area contributed by atoms with Crippen LogP contribution in [0.2, 0.25) is 0 Å². The topological polar surface area (TPSA) is 29.5 Å².